The minimum absolute atomic E-state index is 0.00712. The SMILES string of the molecule is NCCNc1ccc(OCCC(=O)O)cc1. The van der Waals surface area contributed by atoms with Gasteiger partial charge in [-0.25, -0.2) is 0 Å². The molecule has 1 aromatic carbocycles. The average molecular weight is 224 g/mol. The van der Waals surface area contributed by atoms with E-state index in [1.165, 1.54) is 0 Å². The lowest BCUT2D eigenvalue weighted by atomic mass is 10.3. The van der Waals surface area contributed by atoms with Gasteiger partial charge in [-0.3, -0.25) is 4.79 Å². The molecule has 16 heavy (non-hydrogen) atoms. The fourth-order valence-electron chi connectivity index (χ4n) is 1.14. The Balaban J connectivity index is 2.36. The maximum Gasteiger partial charge on any atom is 0.306 e. The van der Waals surface area contributed by atoms with Gasteiger partial charge in [0.1, 0.15) is 5.75 Å². The smallest absolute Gasteiger partial charge is 0.306 e. The monoisotopic (exact) mass is 224 g/mol. The van der Waals surface area contributed by atoms with Crippen LogP contribution < -0.4 is 15.8 Å². The number of carbonyl (C=O) groups is 1. The maximum atomic E-state index is 10.3. The van der Waals surface area contributed by atoms with Crippen molar-refractivity contribution in [3.05, 3.63) is 24.3 Å². The normalized spacial score (nSPS) is 9.81. The number of nitrogens with one attached hydrogen (secondary N) is 1. The summed E-state index contributed by atoms with van der Waals surface area (Å²) < 4.78 is 5.24. The van der Waals surface area contributed by atoms with Crippen LogP contribution in [-0.2, 0) is 4.79 Å². The fraction of sp³-hybridized carbons (Fsp3) is 0.364. The predicted molar refractivity (Wildman–Crippen MR) is 61.7 cm³/mol. The van der Waals surface area contributed by atoms with Crippen molar-refractivity contribution >= 4 is 11.7 Å². The van der Waals surface area contributed by atoms with Crippen LogP contribution >= 0.6 is 0 Å². The number of carboxylic acid groups (broad SMARTS) is 1. The standard InChI is InChI=1S/C11H16N2O3/c12-6-7-13-9-1-3-10(4-2-9)16-8-5-11(14)15/h1-4,13H,5-8,12H2,(H,14,15). The lowest BCUT2D eigenvalue weighted by Gasteiger charge is -2.07. The summed E-state index contributed by atoms with van der Waals surface area (Å²) in [4.78, 5) is 10.3. The Bertz CT molecular complexity index is 325. The summed E-state index contributed by atoms with van der Waals surface area (Å²) in [5, 5.41) is 11.6. The molecule has 88 valence electrons. The molecule has 0 fully saturated rings. The van der Waals surface area contributed by atoms with Gasteiger partial charge in [0.15, 0.2) is 0 Å². The topological polar surface area (TPSA) is 84.6 Å². The van der Waals surface area contributed by atoms with Crippen molar-refractivity contribution in [2.24, 2.45) is 5.73 Å². The summed E-state index contributed by atoms with van der Waals surface area (Å²) in [6.07, 6.45) is 0.00712. The van der Waals surface area contributed by atoms with Crippen LogP contribution in [0.25, 0.3) is 0 Å². The molecule has 0 amide bonds. The van der Waals surface area contributed by atoms with E-state index in [2.05, 4.69) is 5.32 Å². The highest BCUT2D eigenvalue weighted by Gasteiger charge is 1.98. The largest absolute Gasteiger partial charge is 0.493 e. The van der Waals surface area contributed by atoms with Gasteiger partial charge < -0.3 is 20.9 Å². The molecule has 0 aromatic heterocycles. The van der Waals surface area contributed by atoms with Gasteiger partial charge in [-0.1, -0.05) is 0 Å². The molecule has 0 atom stereocenters. The van der Waals surface area contributed by atoms with Gasteiger partial charge in [-0.15, -0.1) is 0 Å². The highest BCUT2D eigenvalue weighted by Crippen LogP contribution is 2.15. The molecule has 0 bridgehead atoms. The second-order valence-electron chi connectivity index (χ2n) is 3.23. The molecule has 0 aliphatic rings. The molecule has 0 heterocycles. The molecule has 0 spiro atoms. The van der Waals surface area contributed by atoms with E-state index in [4.69, 9.17) is 15.6 Å². The molecule has 1 rings (SSSR count). The lowest BCUT2D eigenvalue weighted by Crippen LogP contribution is -2.12. The average Bonchev–Trinajstić information content (AvgIpc) is 2.27. The van der Waals surface area contributed by atoms with Crippen LogP contribution in [-0.4, -0.2) is 30.8 Å². The summed E-state index contributed by atoms with van der Waals surface area (Å²) in [7, 11) is 0. The zero-order valence-electron chi connectivity index (χ0n) is 8.98. The molecular weight excluding hydrogens is 208 g/mol. The molecule has 0 saturated heterocycles. The van der Waals surface area contributed by atoms with Crippen molar-refractivity contribution in [2.45, 2.75) is 6.42 Å². The minimum atomic E-state index is -0.860. The lowest BCUT2D eigenvalue weighted by molar-refractivity contribution is -0.137. The summed E-state index contributed by atoms with van der Waals surface area (Å²) in [5.74, 6) is -0.194. The summed E-state index contributed by atoms with van der Waals surface area (Å²) in [5.41, 5.74) is 6.33. The summed E-state index contributed by atoms with van der Waals surface area (Å²) in [6.45, 7) is 1.49. The van der Waals surface area contributed by atoms with Gasteiger partial charge in [0.25, 0.3) is 0 Å². The number of aliphatic carboxylic acids is 1. The Hall–Kier alpha value is -1.75. The number of hydrogen-bond donors (Lipinski definition) is 3. The van der Waals surface area contributed by atoms with E-state index in [0.717, 1.165) is 12.2 Å². The first-order valence-electron chi connectivity index (χ1n) is 5.11. The fourth-order valence-corrected chi connectivity index (χ4v) is 1.14. The number of nitrogens with two attached hydrogens (primary N) is 1. The number of anilines is 1. The van der Waals surface area contributed by atoms with Crippen molar-refractivity contribution < 1.29 is 14.6 Å². The quantitative estimate of drug-likeness (QED) is 0.641. The predicted octanol–water partition coefficient (Wildman–Crippen LogP) is 0.911. The van der Waals surface area contributed by atoms with Gasteiger partial charge in [0.05, 0.1) is 13.0 Å². The van der Waals surface area contributed by atoms with Crippen LogP contribution in [0.1, 0.15) is 6.42 Å². The molecule has 5 heteroatoms. The van der Waals surface area contributed by atoms with E-state index in [1.807, 2.05) is 12.1 Å². The molecule has 4 N–H and O–H groups in total. The van der Waals surface area contributed by atoms with E-state index in [9.17, 15) is 4.79 Å². The molecule has 0 radical (unpaired) electrons. The van der Waals surface area contributed by atoms with E-state index < -0.39 is 5.97 Å². The molecule has 0 saturated carbocycles. The van der Waals surface area contributed by atoms with Crippen LogP contribution in [0.3, 0.4) is 0 Å². The van der Waals surface area contributed by atoms with Gasteiger partial charge in [0, 0.05) is 18.8 Å². The minimum Gasteiger partial charge on any atom is -0.493 e. The second-order valence-corrected chi connectivity index (χ2v) is 3.23. The molecule has 0 unspecified atom stereocenters. The first-order chi connectivity index (χ1) is 7.72. The molecule has 0 aliphatic heterocycles. The zero-order chi connectivity index (χ0) is 11.8. The first-order valence-corrected chi connectivity index (χ1v) is 5.11. The Morgan fingerprint density at radius 3 is 2.62 bits per heavy atom. The number of hydrogen-bond acceptors (Lipinski definition) is 4. The number of benzene rings is 1. The number of carboxylic acids is 1. The number of rotatable bonds is 7. The zero-order valence-corrected chi connectivity index (χ0v) is 8.98. The third kappa shape index (κ3) is 4.65. The van der Waals surface area contributed by atoms with E-state index in [1.54, 1.807) is 12.1 Å². The summed E-state index contributed by atoms with van der Waals surface area (Å²) in [6, 6.07) is 7.32. The molecule has 5 nitrogen and oxygen atoms in total. The molecular formula is C11H16N2O3. The van der Waals surface area contributed by atoms with Crippen LogP contribution in [0.4, 0.5) is 5.69 Å². The third-order valence-corrected chi connectivity index (χ3v) is 1.91. The Kier molecular flexibility index (Phi) is 5.15. The Morgan fingerprint density at radius 1 is 1.38 bits per heavy atom. The van der Waals surface area contributed by atoms with E-state index >= 15 is 0 Å². The van der Waals surface area contributed by atoms with Crippen molar-refractivity contribution in [1.82, 2.24) is 0 Å². The highest BCUT2D eigenvalue weighted by molar-refractivity contribution is 5.66. The van der Waals surface area contributed by atoms with E-state index in [0.29, 0.717) is 12.3 Å². The van der Waals surface area contributed by atoms with Crippen molar-refractivity contribution in [3.8, 4) is 5.75 Å². The molecule has 0 aliphatic carbocycles. The van der Waals surface area contributed by atoms with Gasteiger partial charge in [-0.2, -0.15) is 0 Å². The van der Waals surface area contributed by atoms with Crippen LogP contribution in [0.2, 0.25) is 0 Å². The van der Waals surface area contributed by atoms with Crippen molar-refractivity contribution in [2.75, 3.05) is 25.0 Å². The van der Waals surface area contributed by atoms with Crippen molar-refractivity contribution in [3.63, 3.8) is 0 Å². The van der Waals surface area contributed by atoms with Crippen molar-refractivity contribution in [1.29, 1.82) is 0 Å². The van der Waals surface area contributed by atoms with E-state index in [-0.39, 0.29) is 13.0 Å². The van der Waals surface area contributed by atoms with Crippen LogP contribution in [0, 0.1) is 0 Å². The Morgan fingerprint density at radius 2 is 2.06 bits per heavy atom. The van der Waals surface area contributed by atoms with Crippen LogP contribution in [0.5, 0.6) is 5.75 Å². The van der Waals surface area contributed by atoms with Crippen LogP contribution in [0.15, 0.2) is 24.3 Å². The van der Waals surface area contributed by atoms with Gasteiger partial charge in [-0.05, 0) is 24.3 Å². The third-order valence-electron chi connectivity index (χ3n) is 1.91. The molecule has 1 aromatic rings. The Labute approximate surface area is 94.2 Å². The maximum absolute atomic E-state index is 10.3. The summed E-state index contributed by atoms with van der Waals surface area (Å²) >= 11 is 0. The highest BCUT2D eigenvalue weighted by atomic mass is 16.5. The van der Waals surface area contributed by atoms with Gasteiger partial charge in [0.2, 0.25) is 0 Å². The number of ether oxygens (including phenoxy) is 1. The van der Waals surface area contributed by atoms with Gasteiger partial charge >= 0.3 is 5.97 Å². The first kappa shape index (κ1) is 12.3. The second kappa shape index (κ2) is 6.68.